The number of rotatable bonds is 1. The summed E-state index contributed by atoms with van der Waals surface area (Å²) in [6.07, 6.45) is 9.52. The molecule has 2 saturated carbocycles. The van der Waals surface area contributed by atoms with Gasteiger partial charge in [0.1, 0.15) is 5.76 Å². The van der Waals surface area contributed by atoms with Crippen LogP contribution in [0.2, 0.25) is 0 Å². The molecule has 0 heterocycles. The highest BCUT2D eigenvalue weighted by molar-refractivity contribution is 9.25. The molecule has 0 bridgehead atoms. The van der Waals surface area contributed by atoms with Crippen LogP contribution < -0.4 is 0 Å². The fourth-order valence-electron chi connectivity index (χ4n) is 3.67. The third kappa shape index (κ3) is 1.08. The predicted molar refractivity (Wildman–Crippen MR) is 76.0 cm³/mol. The van der Waals surface area contributed by atoms with E-state index < -0.39 is 0 Å². The van der Waals surface area contributed by atoms with Gasteiger partial charge in [0.25, 0.3) is 0 Å². The fourth-order valence-corrected chi connectivity index (χ4v) is 6.72. The summed E-state index contributed by atoms with van der Waals surface area (Å²) in [5, 5.41) is 0. The first-order valence-electron chi connectivity index (χ1n) is 5.51. The minimum atomic E-state index is 0.0756. The van der Waals surface area contributed by atoms with Crippen LogP contribution in [0.4, 0.5) is 0 Å². The summed E-state index contributed by atoms with van der Waals surface area (Å²) in [4.78, 5) is 0. The molecule has 16 heavy (non-hydrogen) atoms. The third-order valence-electron chi connectivity index (χ3n) is 4.59. The van der Waals surface area contributed by atoms with E-state index in [-0.39, 0.29) is 8.65 Å². The Morgan fingerprint density at radius 2 is 2.06 bits per heavy atom. The van der Waals surface area contributed by atoms with E-state index in [1.165, 1.54) is 19.3 Å². The monoisotopic (exact) mass is 410 g/mol. The van der Waals surface area contributed by atoms with Crippen molar-refractivity contribution in [1.82, 2.24) is 0 Å². The average Bonchev–Trinajstić information content (AvgIpc) is 2.56. The van der Waals surface area contributed by atoms with E-state index in [1.807, 2.05) is 0 Å². The smallest absolute Gasteiger partial charge is 0.129 e. The zero-order valence-electron chi connectivity index (χ0n) is 9.03. The molecular formula is C12H13Br3O. The van der Waals surface area contributed by atoms with Crippen molar-refractivity contribution in [2.45, 2.75) is 28.9 Å². The Morgan fingerprint density at radius 1 is 1.31 bits per heavy atom. The zero-order valence-corrected chi connectivity index (χ0v) is 13.8. The first kappa shape index (κ1) is 11.8. The molecule has 2 fully saturated rings. The molecule has 3 aliphatic rings. The summed E-state index contributed by atoms with van der Waals surface area (Å²) in [5.74, 6) is 0.976. The van der Waals surface area contributed by atoms with Crippen LogP contribution in [0.15, 0.2) is 22.4 Å². The first-order chi connectivity index (χ1) is 7.51. The molecule has 3 rings (SSSR count). The molecule has 0 unspecified atom stereocenters. The normalized spacial score (nSPS) is 43.8. The number of ether oxygens (including phenoxy) is 1. The average molecular weight is 413 g/mol. The van der Waals surface area contributed by atoms with Crippen molar-refractivity contribution in [2.24, 2.45) is 10.8 Å². The van der Waals surface area contributed by atoms with E-state index in [0.717, 1.165) is 16.7 Å². The molecule has 0 N–H and O–H groups in total. The van der Waals surface area contributed by atoms with E-state index in [9.17, 15) is 0 Å². The Kier molecular flexibility index (Phi) is 2.49. The second-order valence-electron chi connectivity index (χ2n) is 4.95. The molecule has 1 nitrogen and oxygen atoms in total. The Balaban J connectivity index is 2.12. The molecule has 0 amide bonds. The van der Waals surface area contributed by atoms with Crippen molar-refractivity contribution in [3.05, 3.63) is 22.4 Å². The first-order valence-corrected chi connectivity index (χ1v) is 7.89. The number of methoxy groups -OCH3 is 1. The topological polar surface area (TPSA) is 9.23 Å². The van der Waals surface area contributed by atoms with Crippen molar-refractivity contribution in [3.63, 3.8) is 0 Å². The van der Waals surface area contributed by atoms with Gasteiger partial charge in [-0.2, -0.15) is 0 Å². The Morgan fingerprint density at radius 3 is 2.75 bits per heavy atom. The second-order valence-corrected chi connectivity index (χ2v) is 9.25. The molecule has 0 radical (unpaired) electrons. The lowest BCUT2D eigenvalue weighted by Crippen LogP contribution is -2.08. The molecule has 0 aromatic rings. The summed E-state index contributed by atoms with van der Waals surface area (Å²) in [5.41, 5.74) is 0.580. The Labute approximate surface area is 121 Å². The van der Waals surface area contributed by atoms with Crippen LogP contribution in [0.5, 0.6) is 0 Å². The Bertz CT molecular complexity index is 412. The summed E-state index contributed by atoms with van der Waals surface area (Å²) in [7, 11) is 1.74. The maximum Gasteiger partial charge on any atom is 0.129 e. The minimum Gasteiger partial charge on any atom is -0.496 e. The maximum absolute atomic E-state index is 5.48. The van der Waals surface area contributed by atoms with Gasteiger partial charge >= 0.3 is 0 Å². The largest absolute Gasteiger partial charge is 0.496 e. The minimum absolute atomic E-state index is 0.0756. The summed E-state index contributed by atoms with van der Waals surface area (Å²) in [6, 6.07) is 0. The summed E-state index contributed by atoms with van der Waals surface area (Å²) >= 11 is 11.4. The quantitative estimate of drug-likeness (QED) is 0.559. The summed E-state index contributed by atoms with van der Waals surface area (Å²) in [6.45, 7) is 0. The standard InChI is InChI=1S/C12H13Br3O/c1-16-9-7-11-5-2-4-10(11,12(11,14)15)6-3-8(9)13/h3,7H,2,4-6H2,1H3/t10-,11+/m1/s1. The van der Waals surface area contributed by atoms with Gasteiger partial charge < -0.3 is 4.74 Å². The number of hydrogen-bond donors (Lipinski definition) is 0. The van der Waals surface area contributed by atoms with Gasteiger partial charge in [0.05, 0.1) is 14.8 Å². The van der Waals surface area contributed by atoms with Gasteiger partial charge in [-0.05, 0) is 41.3 Å². The lowest BCUT2D eigenvalue weighted by Gasteiger charge is -2.15. The van der Waals surface area contributed by atoms with Gasteiger partial charge in [-0.1, -0.05) is 44.4 Å². The Hall–Kier alpha value is 0.720. The number of alkyl halides is 2. The van der Waals surface area contributed by atoms with Crippen LogP contribution in [-0.2, 0) is 4.74 Å². The van der Waals surface area contributed by atoms with Crippen molar-refractivity contribution in [1.29, 1.82) is 0 Å². The maximum atomic E-state index is 5.48. The molecule has 2 atom stereocenters. The van der Waals surface area contributed by atoms with Crippen LogP contribution in [0.25, 0.3) is 0 Å². The van der Waals surface area contributed by atoms with E-state index in [4.69, 9.17) is 4.74 Å². The van der Waals surface area contributed by atoms with Crippen molar-refractivity contribution in [3.8, 4) is 0 Å². The highest BCUT2D eigenvalue weighted by Crippen LogP contribution is 2.89. The molecular weight excluding hydrogens is 400 g/mol. The van der Waals surface area contributed by atoms with Crippen molar-refractivity contribution in [2.75, 3.05) is 7.11 Å². The molecule has 0 spiro atoms. The highest BCUT2D eigenvalue weighted by Gasteiger charge is 2.85. The zero-order chi connectivity index (χ0) is 11.6. The number of halogens is 3. The van der Waals surface area contributed by atoms with E-state index in [0.29, 0.717) is 5.41 Å². The molecule has 0 aromatic heterocycles. The molecule has 3 aliphatic carbocycles. The van der Waals surface area contributed by atoms with E-state index in [2.05, 4.69) is 59.9 Å². The van der Waals surface area contributed by atoms with E-state index in [1.54, 1.807) is 7.11 Å². The lowest BCUT2D eigenvalue weighted by atomic mass is 9.94. The van der Waals surface area contributed by atoms with Crippen LogP contribution in [-0.4, -0.2) is 10.3 Å². The van der Waals surface area contributed by atoms with Gasteiger partial charge in [-0.25, -0.2) is 0 Å². The summed E-state index contributed by atoms with van der Waals surface area (Å²) < 4.78 is 6.65. The predicted octanol–water partition coefficient (Wildman–Crippen LogP) is 4.86. The molecule has 88 valence electrons. The highest BCUT2D eigenvalue weighted by atomic mass is 79.9. The molecule has 0 saturated heterocycles. The van der Waals surface area contributed by atoms with Crippen LogP contribution in [0.3, 0.4) is 0 Å². The van der Waals surface area contributed by atoms with Crippen LogP contribution >= 0.6 is 47.8 Å². The number of allylic oxidation sites excluding steroid dienone is 3. The van der Waals surface area contributed by atoms with Crippen molar-refractivity contribution >= 4 is 47.8 Å². The lowest BCUT2D eigenvalue weighted by molar-refractivity contribution is 0.299. The van der Waals surface area contributed by atoms with Crippen LogP contribution in [0, 0.1) is 10.8 Å². The SMILES string of the molecule is COC1=C[C@@]23CCC[C@]2(CC=C1Br)C3(Br)Br. The second kappa shape index (κ2) is 3.39. The number of hydrogen-bond acceptors (Lipinski definition) is 1. The molecule has 0 aliphatic heterocycles. The van der Waals surface area contributed by atoms with Gasteiger partial charge in [-0.15, -0.1) is 0 Å². The van der Waals surface area contributed by atoms with Gasteiger partial charge in [-0.3, -0.25) is 0 Å². The molecule has 0 aromatic carbocycles. The van der Waals surface area contributed by atoms with Gasteiger partial charge in [0.15, 0.2) is 0 Å². The van der Waals surface area contributed by atoms with Gasteiger partial charge in [0.2, 0.25) is 0 Å². The third-order valence-corrected chi connectivity index (χ3v) is 8.24. The van der Waals surface area contributed by atoms with Crippen molar-refractivity contribution < 1.29 is 4.74 Å². The van der Waals surface area contributed by atoms with E-state index >= 15 is 0 Å². The fraction of sp³-hybridized carbons (Fsp3) is 0.667. The van der Waals surface area contributed by atoms with Gasteiger partial charge in [0, 0.05) is 10.8 Å². The van der Waals surface area contributed by atoms with Crippen LogP contribution in [0.1, 0.15) is 25.7 Å². The molecule has 4 heteroatoms.